The van der Waals surface area contributed by atoms with E-state index >= 15 is 0 Å². The van der Waals surface area contributed by atoms with Crippen molar-refractivity contribution >= 4 is 53.3 Å². The summed E-state index contributed by atoms with van der Waals surface area (Å²) in [5.74, 6) is 1.37. The average Bonchev–Trinajstić information content (AvgIpc) is 3.21. The molecule has 1 saturated heterocycles. The number of rotatable bonds is 8. The zero-order chi connectivity index (χ0) is 21.2. The summed E-state index contributed by atoms with van der Waals surface area (Å²) < 4.78 is 0. The summed E-state index contributed by atoms with van der Waals surface area (Å²) in [7, 11) is 0. The van der Waals surface area contributed by atoms with Crippen molar-refractivity contribution in [3.05, 3.63) is 59.2 Å². The van der Waals surface area contributed by atoms with Crippen molar-refractivity contribution in [1.29, 1.82) is 0 Å². The predicted molar refractivity (Wildman–Crippen MR) is 138 cm³/mol. The van der Waals surface area contributed by atoms with Crippen LogP contribution in [0.3, 0.4) is 0 Å². The van der Waals surface area contributed by atoms with Crippen molar-refractivity contribution in [2.75, 3.05) is 37.6 Å². The molecule has 3 N–H and O–H groups in total. The lowest BCUT2D eigenvalue weighted by atomic mass is 10.1. The molecule has 0 bridgehead atoms. The Morgan fingerprint density at radius 3 is 2.77 bits per heavy atom. The third kappa shape index (κ3) is 8.17. The highest BCUT2D eigenvalue weighted by atomic mass is 127. The fourth-order valence-electron chi connectivity index (χ4n) is 3.39. The number of nitrogens with one attached hydrogen (secondary N) is 3. The number of carbonyl (C=O) groups is 1. The Morgan fingerprint density at radius 1 is 1.23 bits per heavy atom. The lowest BCUT2D eigenvalue weighted by Gasteiger charge is -2.20. The van der Waals surface area contributed by atoms with Crippen LogP contribution in [0.5, 0.6) is 0 Å². The van der Waals surface area contributed by atoms with Gasteiger partial charge in [-0.3, -0.25) is 4.79 Å². The molecule has 31 heavy (non-hydrogen) atoms. The second-order valence-electron chi connectivity index (χ2n) is 7.17. The van der Waals surface area contributed by atoms with Gasteiger partial charge in [0.1, 0.15) is 12.4 Å². The normalized spacial score (nSPS) is 15.9. The number of nitrogens with zero attached hydrogens (tertiary/aromatic N) is 3. The summed E-state index contributed by atoms with van der Waals surface area (Å²) in [6, 6.07) is 14.0. The van der Waals surface area contributed by atoms with Crippen LogP contribution in [0.25, 0.3) is 0 Å². The van der Waals surface area contributed by atoms with Gasteiger partial charge in [-0.25, -0.2) is 9.98 Å². The van der Waals surface area contributed by atoms with E-state index in [9.17, 15) is 4.79 Å². The number of aromatic nitrogens is 1. The van der Waals surface area contributed by atoms with E-state index in [0.29, 0.717) is 17.5 Å². The molecule has 3 rings (SSSR count). The van der Waals surface area contributed by atoms with Crippen LogP contribution in [0.1, 0.15) is 18.9 Å². The van der Waals surface area contributed by atoms with E-state index in [1.807, 2.05) is 37.3 Å². The molecule has 1 unspecified atom stereocenters. The van der Waals surface area contributed by atoms with E-state index in [4.69, 9.17) is 11.6 Å². The maximum absolute atomic E-state index is 12.1. The number of aliphatic imine (C=N–C) groups is 1. The van der Waals surface area contributed by atoms with Crippen LogP contribution in [0.15, 0.2) is 53.7 Å². The summed E-state index contributed by atoms with van der Waals surface area (Å²) in [6.45, 7) is 5.07. The molecule has 1 aliphatic heterocycles. The van der Waals surface area contributed by atoms with Crippen LogP contribution in [0.4, 0.5) is 5.82 Å². The number of guanidine groups is 1. The smallest absolute Gasteiger partial charge is 0.241 e. The third-order valence-electron chi connectivity index (χ3n) is 4.87. The topological polar surface area (TPSA) is 81.6 Å². The number of benzene rings is 1. The second kappa shape index (κ2) is 13.4. The van der Waals surface area contributed by atoms with Crippen molar-refractivity contribution in [2.24, 2.45) is 4.99 Å². The summed E-state index contributed by atoms with van der Waals surface area (Å²) >= 11 is 6.27. The van der Waals surface area contributed by atoms with Gasteiger partial charge in [0.2, 0.25) is 5.91 Å². The molecule has 1 fully saturated rings. The number of pyridine rings is 1. The molecule has 2 aromatic rings. The van der Waals surface area contributed by atoms with Gasteiger partial charge in [-0.2, -0.15) is 0 Å². The number of hydrogen-bond acceptors (Lipinski definition) is 4. The van der Waals surface area contributed by atoms with Gasteiger partial charge in [0.05, 0.1) is 5.02 Å². The maximum atomic E-state index is 12.1. The van der Waals surface area contributed by atoms with Gasteiger partial charge in [0, 0.05) is 38.4 Å². The first-order chi connectivity index (χ1) is 14.7. The fourth-order valence-corrected chi connectivity index (χ4v) is 3.63. The van der Waals surface area contributed by atoms with E-state index in [2.05, 4.69) is 43.0 Å². The predicted octanol–water partition coefficient (Wildman–Crippen LogP) is 2.85. The molecule has 1 atom stereocenters. The molecule has 0 aliphatic carbocycles. The lowest BCUT2D eigenvalue weighted by Crippen LogP contribution is -2.45. The highest BCUT2D eigenvalue weighted by Crippen LogP contribution is 2.25. The van der Waals surface area contributed by atoms with Crippen molar-refractivity contribution < 1.29 is 4.79 Å². The molecule has 1 amide bonds. The van der Waals surface area contributed by atoms with Crippen LogP contribution < -0.4 is 20.9 Å². The molecule has 1 aromatic heterocycles. The van der Waals surface area contributed by atoms with Crippen molar-refractivity contribution in [2.45, 2.75) is 25.8 Å². The van der Waals surface area contributed by atoms with Crippen LogP contribution >= 0.6 is 35.6 Å². The zero-order valence-corrected chi connectivity index (χ0v) is 20.8. The molecule has 0 spiro atoms. The monoisotopic (exact) mass is 556 g/mol. The van der Waals surface area contributed by atoms with Crippen LogP contribution in [0.2, 0.25) is 5.02 Å². The third-order valence-corrected chi connectivity index (χ3v) is 5.17. The van der Waals surface area contributed by atoms with Gasteiger partial charge in [0.15, 0.2) is 5.96 Å². The van der Waals surface area contributed by atoms with Crippen LogP contribution in [0, 0.1) is 0 Å². The number of hydrogen-bond donors (Lipinski definition) is 3. The van der Waals surface area contributed by atoms with Crippen LogP contribution in [-0.2, 0) is 11.2 Å². The minimum atomic E-state index is -0.0866. The Bertz CT molecular complexity index is 851. The molecular formula is C22H30ClIN6O. The molecular weight excluding hydrogens is 527 g/mol. The Balaban J connectivity index is 0.00000341. The van der Waals surface area contributed by atoms with Crippen molar-refractivity contribution in [1.82, 2.24) is 20.9 Å². The molecule has 0 radical (unpaired) electrons. The van der Waals surface area contributed by atoms with E-state index in [0.717, 1.165) is 38.3 Å². The molecule has 0 saturated carbocycles. The summed E-state index contributed by atoms with van der Waals surface area (Å²) in [5.41, 5.74) is 1.20. The van der Waals surface area contributed by atoms with Crippen LogP contribution in [-0.4, -0.2) is 55.6 Å². The second-order valence-corrected chi connectivity index (χ2v) is 7.57. The Hall–Kier alpha value is -2.07. The molecule has 9 heteroatoms. The molecule has 2 heterocycles. The van der Waals surface area contributed by atoms with E-state index in [1.54, 1.807) is 6.20 Å². The fraction of sp³-hybridized carbons (Fsp3) is 0.409. The maximum Gasteiger partial charge on any atom is 0.241 e. The highest BCUT2D eigenvalue weighted by molar-refractivity contribution is 14.0. The minimum absolute atomic E-state index is 0. The molecule has 1 aliphatic rings. The Kier molecular flexibility index (Phi) is 10.9. The average molecular weight is 557 g/mol. The first-order valence-corrected chi connectivity index (χ1v) is 10.7. The molecule has 168 valence electrons. The standard InChI is InChI=1S/C22H29ClN6O.HI/c1-2-24-22(27-15-20(30)25-13-10-17-7-4-3-5-8-17)28-18-11-14-29(16-18)21-19(23)9-6-12-26-21;/h3-9,12,18H,2,10-11,13-16H2,1H3,(H,25,30)(H2,24,27,28);1H. The van der Waals surface area contributed by atoms with Gasteiger partial charge in [-0.05, 0) is 37.5 Å². The van der Waals surface area contributed by atoms with E-state index in [-0.39, 0.29) is 42.5 Å². The summed E-state index contributed by atoms with van der Waals surface area (Å²) in [5, 5.41) is 10.2. The highest BCUT2D eigenvalue weighted by Gasteiger charge is 2.25. The summed E-state index contributed by atoms with van der Waals surface area (Å²) in [4.78, 5) is 23.1. The zero-order valence-electron chi connectivity index (χ0n) is 17.7. The van der Waals surface area contributed by atoms with Crippen molar-refractivity contribution in [3.8, 4) is 0 Å². The Labute approximate surface area is 206 Å². The first kappa shape index (κ1) is 25.2. The summed E-state index contributed by atoms with van der Waals surface area (Å²) in [6.07, 6.45) is 3.51. The largest absolute Gasteiger partial charge is 0.357 e. The molecule has 7 nitrogen and oxygen atoms in total. The number of anilines is 1. The van der Waals surface area contributed by atoms with Gasteiger partial charge < -0.3 is 20.9 Å². The Morgan fingerprint density at radius 2 is 2.03 bits per heavy atom. The van der Waals surface area contributed by atoms with Gasteiger partial charge in [0.25, 0.3) is 0 Å². The minimum Gasteiger partial charge on any atom is -0.357 e. The quantitative estimate of drug-likeness (QED) is 0.265. The number of carbonyl (C=O) groups excluding carboxylic acids is 1. The van der Waals surface area contributed by atoms with Crippen molar-refractivity contribution in [3.63, 3.8) is 0 Å². The van der Waals surface area contributed by atoms with E-state index in [1.165, 1.54) is 5.56 Å². The van der Waals surface area contributed by atoms with Gasteiger partial charge in [-0.1, -0.05) is 41.9 Å². The SMILES string of the molecule is CCNC(=NCC(=O)NCCc1ccccc1)NC1CCN(c2ncccc2Cl)C1.I. The lowest BCUT2D eigenvalue weighted by molar-refractivity contribution is -0.119. The number of amides is 1. The van der Waals surface area contributed by atoms with E-state index < -0.39 is 0 Å². The van der Waals surface area contributed by atoms with Gasteiger partial charge >= 0.3 is 0 Å². The number of halogens is 2. The first-order valence-electron chi connectivity index (χ1n) is 10.4. The van der Waals surface area contributed by atoms with Gasteiger partial charge in [-0.15, -0.1) is 24.0 Å². The molecule has 1 aromatic carbocycles.